The first kappa shape index (κ1) is 25.5. The van der Waals surface area contributed by atoms with Gasteiger partial charge in [0.15, 0.2) is 0 Å². The molecule has 0 aromatic heterocycles. The van der Waals surface area contributed by atoms with Crippen LogP contribution in [0.2, 0.25) is 0 Å². The summed E-state index contributed by atoms with van der Waals surface area (Å²) in [6, 6.07) is 0. The summed E-state index contributed by atoms with van der Waals surface area (Å²) in [6.45, 7) is 14.2. The van der Waals surface area contributed by atoms with Crippen LogP contribution in [0.4, 0.5) is 0 Å². The number of allylic oxidation sites excluding steroid dienone is 2. The van der Waals surface area contributed by atoms with Crippen molar-refractivity contribution in [2.45, 2.75) is 106 Å². The van der Waals surface area contributed by atoms with E-state index in [1.165, 1.54) is 5.57 Å². The number of carbonyl (C=O) groups excluding carboxylic acids is 2. The van der Waals surface area contributed by atoms with Crippen molar-refractivity contribution >= 4 is 11.8 Å². The number of aliphatic hydroxyl groups excluding tert-OH is 1. The monoisotopic (exact) mass is 484 g/mol. The summed E-state index contributed by atoms with van der Waals surface area (Å²) in [7, 11) is 1.56. The van der Waals surface area contributed by atoms with Gasteiger partial charge in [-0.15, -0.1) is 0 Å². The molecule has 5 rings (SSSR count). The van der Waals surface area contributed by atoms with E-state index < -0.39 is 0 Å². The highest BCUT2D eigenvalue weighted by Gasteiger charge is 2.70. The van der Waals surface area contributed by atoms with Gasteiger partial charge in [-0.05, 0) is 91.8 Å². The quantitative estimate of drug-likeness (QED) is 0.359. The van der Waals surface area contributed by atoms with Crippen molar-refractivity contribution in [2.75, 3.05) is 13.7 Å². The molecule has 5 aliphatic carbocycles. The molecule has 0 bridgehead atoms. The maximum absolute atomic E-state index is 13.3. The molecule has 196 valence electrons. The lowest BCUT2D eigenvalue weighted by Gasteiger charge is -2.70. The Kier molecular flexibility index (Phi) is 5.59. The Morgan fingerprint density at radius 1 is 1.00 bits per heavy atom. The third kappa shape index (κ3) is 3.07. The van der Waals surface area contributed by atoms with Crippen molar-refractivity contribution in [3.05, 3.63) is 11.6 Å². The molecule has 0 aromatic rings. The van der Waals surface area contributed by atoms with E-state index in [1.54, 1.807) is 7.11 Å². The van der Waals surface area contributed by atoms with Gasteiger partial charge in [-0.1, -0.05) is 53.2 Å². The molecule has 4 nitrogen and oxygen atoms in total. The fraction of sp³-hybridized carbons (Fsp3) is 0.871. The maximum Gasteiger partial charge on any atom is 0.312 e. The van der Waals surface area contributed by atoms with E-state index in [-0.39, 0.29) is 56.9 Å². The molecule has 5 aliphatic rings. The lowest BCUT2D eigenvalue weighted by molar-refractivity contribution is -0.203. The number of hydrogen-bond donors (Lipinski definition) is 1. The third-order valence-corrected chi connectivity index (χ3v) is 13.0. The summed E-state index contributed by atoms with van der Waals surface area (Å²) in [5.41, 5.74) is 0.839. The van der Waals surface area contributed by atoms with Crippen LogP contribution in [-0.4, -0.2) is 30.6 Å². The van der Waals surface area contributed by atoms with Crippen molar-refractivity contribution in [2.24, 2.45) is 50.2 Å². The van der Waals surface area contributed by atoms with Crippen LogP contribution < -0.4 is 0 Å². The fourth-order valence-electron chi connectivity index (χ4n) is 10.6. The summed E-state index contributed by atoms with van der Waals surface area (Å²) in [5, 5.41) is 11.0. The number of ether oxygens (including phenoxy) is 1. The molecule has 4 fully saturated rings. The zero-order valence-electron chi connectivity index (χ0n) is 23.3. The average molecular weight is 485 g/mol. The highest BCUT2D eigenvalue weighted by atomic mass is 16.5. The Bertz CT molecular complexity index is 961. The molecule has 0 aliphatic heterocycles. The minimum Gasteiger partial charge on any atom is -0.469 e. The molecule has 0 amide bonds. The first-order valence-corrected chi connectivity index (χ1v) is 14.2. The Hall–Kier alpha value is -1.16. The topological polar surface area (TPSA) is 63.6 Å². The van der Waals surface area contributed by atoms with Crippen molar-refractivity contribution in [3.8, 4) is 0 Å². The molecule has 4 saturated carbocycles. The fourth-order valence-corrected chi connectivity index (χ4v) is 10.6. The van der Waals surface area contributed by atoms with Crippen LogP contribution in [0.15, 0.2) is 11.6 Å². The number of aliphatic hydroxyl groups is 1. The van der Waals surface area contributed by atoms with E-state index in [0.29, 0.717) is 18.1 Å². The predicted molar refractivity (Wildman–Crippen MR) is 137 cm³/mol. The molecular weight excluding hydrogens is 436 g/mol. The maximum atomic E-state index is 13.3. The van der Waals surface area contributed by atoms with Gasteiger partial charge >= 0.3 is 5.97 Å². The van der Waals surface area contributed by atoms with Crippen molar-refractivity contribution in [1.29, 1.82) is 0 Å². The first-order valence-electron chi connectivity index (χ1n) is 14.2. The SMILES string of the molecule is COC(=O)[C@]12CCC(C)(C)CC1C1=CCC3[C@@]4(CO)CCC(=O)C(C)(C)C4CC[C@@]3(C)[C@]1(C)CC2. The summed E-state index contributed by atoms with van der Waals surface area (Å²) in [5.74, 6) is 1.21. The van der Waals surface area contributed by atoms with Crippen molar-refractivity contribution in [3.63, 3.8) is 0 Å². The Labute approximate surface area is 212 Å². The van der Waals surface area contributed by atoms with E-state index in [4.69, 9.17) is 4.74 Å². The van der Waals surface area contributed by atoms with Gasteiger partial charge in [-0.25, -0.2) is 0 Å². The van der Waals surface area contributed by atoms with E-state index in [9.17, 15) is 14.7 Å². The third-order valence-electron chi connectivity index (χ3n) is 13.0. The van der Waals surface area contributed by atoms with Gasteiger partial charge in [0.2, 0.25) is 0 Å². The van der Waals surface area contributed by atoms with Crippen LogP contribution in [0.1, 0.15) is 106 Å². The van der Waals surface area contributed by atoms with Gasteiger partial charge in [0.05, 0.1) is 12.5 Å². The molecule has 0 aromatic carbocycles. The van der Waals surface area contributed by atoms with Crippen LogP contribution in [0, 0.1) is 50.2 Å². The van der Waals surface area contributed by atoms with Gasteiger partial charge in [0.1, 0.15) is 5.78 Å². The van der Waals surface area contributed by atoms with Gasteiger partial charge < -0.3 is 9.84 Å². The molecule has 0 spiro atoms. The minimum atomic E-state index is -0.385. The number of hydrogen-bond acceptors (Lipinski definition) is 4. The van der Waals surface area contributed by atoms with E-state index in [1.807, 2.05) is 0 Å². The number of methoxy groups -OCH3 is 1. The minimum absolute atomic E-state index is 0.00342. The molecule has 0 heterocycles. The molecule has 4 heteroatoms. The molecule has 3 unspecified atom stereocenters. The van der Waals surface area contributed by atoms with E-state index >= 15 is 0 Å². The first-order chi connectivity index (χ1) is 16.2. The number of fused-ring (bicyclic) bond motifs is 7. The lowest BCUT2D eigenvalue weighted by Crippen LogP contribution is -2.66. The molecule has 35 heavy (non-hydrogen) atoms. The lowest BCUT2D eigenvalue weighted by atomic mass is 9.33. The standard InChI is InChI=1S/C31H48O4/c1-26(2)14-16-30(25(34)35-7)17-15-28(5)20(21(30)18-26)8-9-23-29(28,6)12-10-22-27(3,4)24(33)11-13-31(22,23)19-32/h8,21-23,32H,9-19H2,1-7H3/t21?,22?,23?,28-,29-,30+,31-/m1/s1. The van der Waals surface area contributed by atoms with E-state index in [0.717, 1.165) is 57.8 Å². The van der Waals surface area contributed by atoms with Crippen LogP contribution in [0.25, 0.3) is 0 Å². The predicted octanol–water partition coefficient (Wildman–Crippen LogP) is 6.50. The second-order valence-corrected chi connectivity index (χ2v) is 14.9. The van der Waals surface area contributed by atoms with Gasteiger partial charge in [0.25, 0.3) is 0 Å². The number of rotatable bonds is 2. The zero-order valence-corrected chi connectivity index (χ0v) is 23.3. The van der Waals surface area contributed by atoms with E-state index in [2.05, 4.69) is 47.6 Å². The molecule has 7 atom stereocenters. The van der Waals surface area contributed by atoms with Crippen LogP contribution in [0.3, 0.4) is 0 Å². The second-order valence-electron chi connectivity index (χ2n) is 14.9. The van der Waals surface area contributed by atoms with Gasteiger partial charge in [-0.3, -0.25) is 9.59 Å². The highest BCUT2D eigenvalue weighted by Crippen LogP contribution is 2.75. The summed E-state index contributed by atoms with van der Waals surface area (Å²) in [4.78, 5) is 26.3. The summed E-state index contributed by atoms with van der Waals surface area (Å²) in [6.07, 6.45) is 11.9. The number of Topliss-reactive ketones (excluding diaryl/α,β-unsaturated/α-hetero) is 1. The molecular formula is C31H48O4. The number of ketones is 1. The van der Waals surface area contributed by atoms with Gasteiger partial charge in [-0.2, -0.15) is 0 Å². The molecule has 0 radical (unpaired) electrons. The van der Waals surface area contributed by atoms with Crippen LogP contribution in [-0.2, 0) is 14.3 Å². The molecule has 0 saturated heterocycles. The zero-order chi connectivity index (χ0) is 25.7. The largest absolute Gasteiger partial charge is 0.469 e. The Balaban J connectivity index is 1.62. The molecule has 1 N–H and O–H groups in total. The second kappa shape index (κ2) is 7.68. The van der Waals surface area contributed by atoms with Gasteiger partial charge in [0, 0.05) is 23.9 Å². The smallest absolute Gasteiger partial charge is 0.312 e. The number of esters is 1. The summed E-state index contributed by atoms with van der Waals surface area (Å²) < 4.78 is 5.47. The summed E-state index contributed by atoms with van der Waals surface area (Å²) >= 11 is 0. The number of carbonyl (C=O) groups is 2. The van der Waals surface area contributed by atoms with Crippen LogP contribution in [0.5, 0.6) is 0 Å². The Morgan fingerprint density at radius 3 is 2.34 bits per heavy atom. The van der Waals surface area contributed by atoms with Crippen LogP contribution >= 0.6 is 0 Å². The van der Waals surface area contributed by atoms with Crippen molar-refractivity contribution in [1.82, 2.24) is 0 Å². The van der Waals surface area contributed by atoms with Crippen molar-refractivity contribution < 1.29 is 19.4 Å². The normalized spacial score (nSPS) is 47.9. The Morgan fingerprint density at radius 2 is 1.69 bits per heavy atom. The highest BCUT2D eigenvalue weighted by molar-refractivity contribution is 5.85. The average Bonchev–Trinajstić information content (AvgIpc) is 2.80.